The molecule has 1 heterocycles. The average Bonchev–Trinajstić information content (AvgIpc) is 2.71. The van der Waals surface area contributed by atoms with Crippen molar-refractivity contribution in [1.82, 2.24) is 8.96 Å². The number of hydrogen-bond acceptors (Lipinski definition) is 3. The van der Waals surface area contributed by atoms with Crippen LogP contribution in [0.5, 0.6) is 0 Å². The summed E-state index contributed by atoms with van der Waals surface area (Å²) in [5, 5.41) is 0. The molecule has 0 spiro atoms. The first-order valence-electron chi connectivity index (χ1n) is 5.30. The van der Waals surface area contributed by atoms with E-state index in [0.717, 1.165) is 6.42 Å². The van der Waals surface area contributed by atoms with Crippen LogP contribution in [-0.4, -0.2) is 23.1 Å². The van der Waals surface area contributed by atoms with Crippen molar-refractivity contribution >= 4 is 21.1 Å². The third-order valence-corrected chi connectivity index (χ3v) is 4.17. The van der Waals surface area contributed by atoms with E-state index >= 15 is 0 Å². The van der Waals surface area contributed by atoms with E-state index in [1.54, 1.807) is 12.1 Å². The Morgan fingerprint density at radius 2 is 2.06 bits per heavy atom. The van der Waals surface area contributed by atoms with Crippen LogP contribution < -0.4 is 0 Å². The van der Waals surface area contributed by atoms with E-state index in [0.29, 0.717) is 17.5 Å². The maximum atomic E-state index is 12.0. The van der Waals surface area contributed by atoms with Crippen LogP contribution >= 0.6 is 0 Å². The molecular formula is C11H14N2O2S. The van der Waals surface area contributed by atoms with E-state index in [-0.39, 0.29) is 5.75 Å². The van der Waals surface area contributed by atoms with E-state index < -0.39 is 10.0 Å². The van der Waals surface area contributed by atoms with Crippen LogP contribution in [0.25, 0.3) is 11.0 Å². The van der Waals surface area contributed by atoms with E-state index in [1.165, 1.54) is 10.3 Å². The van der Waals surface area contributed by atoms with Gasteiger partial charge in [0, 0.05) is 0 Å². The number of imidazole rings is 1. The van der Waals surface area contributed by atoms with Crippen LogP contribution in [0.2, 0.25) is 0 Å². The number of hydrogen-bond donors (Lipinski definition) is 0. The number of benzene rings is 1. The second-order valence-corrected chi connectivity index (χ2v) is 5.66. The molecule has 0 aliphatic heterocycles. The van der Waals surface area contributed by atoms with Crippen LogP contribution in [0.15, 0.2) is 30.6 Å². The van der Waals surface area contributed by atoms with Crippen molar-refractivity contribution in [3.8, 4) is 0 Å². The van der Waals surface area contributed by atoms with Crippen molar-refractivity contribution < 1.29 is 8.42 Å². The Morgan fingerprint density at radius 3 is 2.81 bits per heavy atom. The van der Waals surface area contributed by atoms with Gasteiger partial charge >= 0.3 is 0 Å². The lowest BCUT2D eigenvalue weighted by Crippen LogP contribution is -2.15. The number of unbranched alkanes of at least 4 members (excludes halogenated alkanes) is 1. The zero-order valence-corrected chi connectivity index (χ0v) is 9.94. The Morgan fingerprint density at radius 1 is 1.31 bits per heavy atom. The molecule has 0 unspecified atom stereocenters. The number of fused-ring (bicyclic) bond motifs is 1. The van der Waals surface area contributed by atoms with Gasteiger partial charge in [0.15, 0.2) is 0 Å². The molecule has 2 aromatic rings. The van der Waals surface area contributed by atoms with Crippen molar-refractivity contribution in [1.29, 1.82) is 0 Å². The molecule has 2 rings (SSSR count). The van der Waals surface area contributed by atoms with Crippen molar-refractivity contribution in [2.45, 2.75) is 19.8 Å². The molecule has 0 aliphatic rings. The van der Waals surface area contributed by atoms with Gasteiger partial charge in [0.25, 0.3) is 0 Å². The fraction of sp³-hybridized carbons (Fsp3) is 0.364. The monoisotopic (exact) mass is 238 g/mol. The first kappa shape index (κ1) is 11.1. The SMILES string of the molecule is CCCCS(=O)(=O)n1cnc2ccccc21. The smallest absolute Gasteiger partial charge is 0.236 e. The molecular weight excluding hydrogens is 224 g/mol. The van der Waals surface area contributed by atoms with E-state index in [1.807, 2.05) is 19.1 Å². The molecule has 5 heteroatoms. The summed E-state index contributed by atoms with van der Waals surface area (Å²) in [7, 11) is -3.25. The van der Waals surface area contributed by atoms with Gasteiger partial charge in [0.05, 0.1) is 16.8 Å². The van der Waals surface area contributed by atoms with Crippen LogP contribution in [0, 0.1) is 0 Å². The van der Waals surface area contributed by atoms with Crippen molar-refractivity contribution in [3.05, 3.63) is 30.6 Å². The molecule has 0 N–H and O–H groups in total. The number of aromatic nitrogens is 2. The van der Waals surface area contributed by atoms with Gasteiger partial charge in [0.2, 0.25) is 10.0 Å². The predicted molar refractivity (Wildman–Crippen MR) is 63.8 cm³/mol. The standard InChI is InChI=1S/C11H14N2O2S/c1-2-3-8-16(14,15)13-9-12-10-6-4-5-7-11(10)13/h4-7,9H,2-3,8H2,1H3. The summed E-state index contributed by atoms with van der Waals surface area (Å²) in [6, 6.07) is 7.24. The van der Waals surface area contributed by atoms with Crippen LogP contribution in [-0.2, 0) is 10.0 Å². The van der Waals surface area contributed by atoms with Gasteiger partial charge < -0.3 is 0 Å². The molecule has 0 saturated heterocycles. The molecule has 1 aromatic heterocycles. The highest BCUT2D eigenvalue weighted by Crippen LogP contribution is 2.15. The molecule has 0 fully saturated rings. The topological polar surface area (TPSA) is 52.0 Å². The maximum Gasteiger partial charge on any atom is 0.240 e. The first-order chi connectivity index (χ1) is 7.65. The molecule has 1 aromatic carbocycles. The molecule has 16 heavy (non-hydrogen) atoms. The summed E-state index contributed by atoms with van der Waals surface area (Å²) in [4.78, 5) is 4.08. The quantitative estimate of drug-likeness (QED) is 0.818. The van der Waals surface area contributed by atoms with Gasteiger partial charge in [-0.15, -0.1) is 0 Å². The van der Waals surface area contributed by atoms with E-state index in [2.05, 4.69) is 4.98 Å². The van der Waals surface area contributed by atoms with Gasteiger partial charge in [-0.05, 0) is 18.6 Å². The Balaban J connectivity index is 2.47. The van der Waals surface area contributed by atoms with E-state index in [4.69, 9.17) is 0 Å². The number of para-hydroxylation sites is 2. The summed E-state index contributed by atoms with van der Waals surface area (Å²) >= 11 is 0. The van der Waals surface area contributed by atoms with Gasteiger partial charge in [0.1, 0.15) is 6.33 Å². The fourth-order valence-electron chi connectivity index (χ4n) is 1.58. The Hall–Kier alpha value is -1.36. The molecule has 0 aliphatic carbocycles. The normalized spacial score (nSPS) is 12.1. The highest BCUT2D eigenvalue weighted by atomic mass is 32.2. The summed E-state index contributed by atoms with van der Waals surface area (Å²) in [6.45, 7) is 1.97. The van der Waals surface area contributed by atoms with Crippen molar-refractivity contribution in [2.75, 3.05) is 5.75 Å². The molecule has 4 nitrogen and oxygen atoms in total. The van der Waals surface area contributed by atoms with E-state index in [9.17, 15) is 8.42 Å². The van der Waals surface area contributed by atoms with Crippen molar-refractivity contribution in [2.24, 2.45) is 0 Å². The lowest BCUT2D eigenvalue weighted by molar-refractivity contribution is 0.585. The minimum absolute atomic E-state index is 0.170. The first-order valence-corrected chi connectivity index (χ1v) is 6.91. The number of nitrogens with zero attached hydrogens (tertiary/aromatic N) is 2. The highest BCUT2D eigenvalue weighted by Gasteiger charge is 2.15. The molecule has 0 bridgehead atoms. The average molecular weight is 238 g/mol. The third-order valence-electron chi connectivity index (χ3n) is 2.48. The number of rotatable bonds is 4. The summed E-state index contributed by atoms with van der Waals surface area (Å²) in [5.74, 6) is 0.170. The van der Waals surface area contributed by atoms with Gasteiger partial charge in [-0.25, -0.2) is 17.4 Å². The fourth-order valence-corrected chi connectivity index (χ4v) is 3.08. The Bertz CT molecular complexity index is 587. The minimum atomic E-state index is -3.25. The largest absolute Gasteiger partial charge is 0.240 e. The molecule has 0 amide bonds. The molecule has 0 radical (unpaired) electrons. The molecule has 0 saturated carbocycles. The van der Waals surface area contributed by atoms with Crippen LogP contribution in [0.3, 0.4) is 0 Å². The van der Waals surface area contributed by atoms with Gasteiger partial charge in [-0.3, -0.25) is 0 Å². The van der Waals surface area contributed by atoms with Crippen LogP contribution in [0.4, 0.5) is 0 Å². The summed E-state index contributed by atoms with van der Waals surface area (Å²) < 4.78 is 25.3. The lowest BCUT2D eigenvalue weighted by Gasteiger charge is -2.05. The minimum Gasteiger partial charge on any atom is -0.236 e. The van der Waals surface area contributed by atoms with Crippen LogP contribution in [0.1, 0.15) is 19.8 Å². The second kappa shape index (κ2) is 4.25. The summed E-state index contributed by atoms with van der Waals surface area (Å²) in [5.41, 5.74) is 1.36. The third kappa shape index (κ3) is 1.95. The van der Waals surface area contributed by atoms with Crippen molar-refractivity contribution in [3.63, 3.8) is 0 Å². The zero-order chi connectivity index (χ0) is 11.6. The predicted octanol–water partition coefficient (Wildman–Crippen LogP) is 2.01. The second-order valence-electron chi connectivity index (χ2n) is 3.70. The summed E-state index contributed by atoms with van der Waals surface area (Å²) in [6.07, 6.45) is 2.93. The van der Waals surface area contributed by atoms with Gasteiger partial charge in [-0.1, -0.05) is 25.5 Å². The molecule has 86 valence electrons. The lowest BCUT2D eigenvalue weighted by atomic mass is 10.3. The highest BCUT2D eigenvalue weighted by molar-refractivity contribution is 7.90. The Kier molecular flexibility index (Phi) is 2.96. The Labute approximate surface area is 95.0 Å². The van der Waals surface area contributed by atoms with Gasteiger partial charge in [-0.2, -0.15) is 0 Å². The zero-order valence-electron chi connectivity index (χ0n) is 9.13. The maximum absolute atomic E-state index is 12.0. The molecule has 0 atom stereocenters.